The van der Waals surface area contributed by atoms with Gasteiger partial charge in [-0.25, -0.2) is 4.79 Å². The average Bonchev–Trinajstić information content (AvgIpc) is 3.57. The van der Waals surface area contributed by atoms with Gasteiger partial charge >= 0.3 is 11.9 Å². The molecule has 2 saturated heterocycles. The molecule has 2 aliphatic heterocycles. The van der Waals surface area contributed by atoms with Gasteiger partial charge in [-0.05, 0) is 94.2 Å². The number of cyclic esters (lactones) is 1. The summed E-state index contributed by atoms with van der Waals surface area (Å²) >= 11 is 0. The summed E-state index contributed by atoms with van der Waals surface area (Å²) in [6.45, 7) is 23.0. The van der Waals surface area contributed by atoms with Gasteiger partial charge in [-0.3, -0.25) is 47.9 Å². The number of fused-ring (bicyclic) bond motifs is 1. The van der Waals surface area contributed by atoms with E-state index in [1.807, 2.05) is 13.8 Å². The fourth-order valence-electron chi connectivity index (χ4n) is 10.9. The maximum atomic E-state index is 15.2. The quantitative estimate of drug-likeness (QED) is 0.232. The van der Waals surface area contributed by atoms with Crippen LogP contribution in [0.1, 0.15) is 141 Å². The van der Waals surface area contributed by atoms with E-state index in [-0.39, 0.29) is 25.1 Å². The fraction of sp³-hybridized carbons (Fsp3) is 0.717. The van der Waals surface area contributed by atoms with Crippen LogP contribution in [0.25, 0.3) is 0 Å². The van der Waals surface area contributed by atoms with E-state index in [0.717, 1.165) is 9.80 Å². The number of aromatic hydroxyl groups is 1. The number of esters is 2. The number of hydrogen-bond donors (Lipinski definition) is 4. The molecule has 1 aromatic carbocycles. The van der Waals surface area contributed by atoms with Gasteiger partial charge in [0, 0.05) is 48.2 Å². The van der Waals surface area contributed by atoms with Crippen LogP contribution in [0.4, 0.5) is 0 Å². The number of phenolic OH excluding ortho intramolecular Hbond substituents is 1. The molecule has 11 atom stereocenters. The van der Waals surface area contributed by atoms with Crippen LogP contribution in [0, 0.1) is 29.6 Å². The Morgan fingerprint density at radius 1 is 0.639 bits per heavy atom. The topological polar surface area (TPSA) is 282 Å². The molecular weight excluding hydrogens is 1070 g/mol. The summed E-state index contributed by atoms with van der Waals surface area (Å²) in [4.78, 5) is 167. The molecule has 0 unspecified atom stereocenters. The molecule has 0 aromatic heterocycles. The highest BCUT2D eigenvalue weighted by Crippen LogP contribution is 2.27. The fourth-order valence-corrected chi connectivity index (χ4v) is 10.9. The number of rotatable bonds is 11. The molecule has 1 aromatic rings. The molecular formula is C60H97N9O14. The molecule has 23 heteroatoms. The van der Waals surface area contributed by atoms with E-state index in [1.165, 1.54) is 73.9 Å². The second-order valence-electron chi connectivity index (χ2n) is 24.6. The molecule has 0 spiro atoms. The molecule has 0 radical (unpaired) electrons. The molecule has 2 heterocycles. The van der Waals surface area contributed by atoms with Gasteiger partial charge in [0.05, 0.1) is 13.0 Å². The van der Waals surface area contributed by atoms with Crippen LogP contribution in [0.15, 0.2) is 24.3 Å². The first-order valence-corrected chi connectivity index (χ1v) is 29.2. The van der Waals surface area contributed by atoms with Crippen LogP contribution in [0.5, 0.6) is 5.75 Å². The predicted molar refractivity (Wildman–Crippen MR) is 310 cm³/mol. The normalized spacial score (nSPS) is 26.4. The van der Waals surface area contributed by atoms with Crippen molar-refractivity contribution in [1.82, 2.24) is 45.3 Å². The molecule has 0 aliphatic carbocycles. The number of ether oxygens (including phenoxy) is 2. The van der Waals surface area contributed by atoms with Gasteiger partial charge in [-0.15, -0.1) is 0 Å². The zero-order chi connectivity index (χ0) is 63.3. The first-order valence-electron chi connectivity index (χ1n) is 29.2. The first kappa shape index (κ1) is 70.5. The number of carbonyl (C=O) groups is 11. The summed E-state index contributed by atoms with van der Waals surface area (Å²) in [6.07, 6.45) is -0.318. The highest BCUT2D eigenvalue weighted by atomic mass is 16.6. The average molecular weight is 1170 g/mol. The monoisotopic (exact) mass is 1170 g/mol. The summed E-state index contributed by atoms with van der Waals surface area (Å²) in [5.74, 6) is -11.2. The van der Waals surface area contributed by atoms with Gasteiger partial charge < -0.3 is 59.9 Å². The number of phenols is 1. The number of nitrogens with one attached hydrogen (secondary N) is 3. The third-order valence-electron chi connectivity index (χ3n) is 16.0. The second kappa shape index (κ2) is 30.7. The molecule has 23 nitrogen and oxygen atoms in total. The van der Waals surface area contributed by atoms with Crippen LogP contribution in [0.2, 0.25) is 0 Å². The number of benzene rings is 1. The minimum atomic E-state index is -1.59. The van der Waals surface area contributed by atoms with E-state index in [0.29, 0.717) is 31.2 Å². The predicted octanol–water partition coefficient (Wildman–Crippen LogP) is 3.27. The van der Waals surface area contributed by atoms with Crippen LogP contribution >= 0.6 is 0 Å². The van der Waals surface area contributed by atoms with Gasteiger partial charge in [-0.1, -0.05) is 94.2 Å². The van der Waals surface area contributed by atoms with Crippen molar-refractivity contribution in [2.24, 2.45) is 29.6 Å². The lowest BCUT2D eigenvalue weighted by atomic mass is 9.92. The van der Waals surface area contributed by atoms with Crippen molar-refractivity contribution in [3.05, 3.63) is 29.8 Å². The lowest BCUT2D eigenvalue weighted by molar-refractivity contribution is -0.165. The Labute approximate surface area is 491 Å². The SMILES string of the molecule is CC[C@@H](C)[C@H]1C(=O)NCC(=O)N(C)[C@@H](C(C)C)C(=O)N[C@@H](Cc2ccc(O)cc2)C(=O)O[C@H](C)C(=O)N2CCCC[C@H]2C(=O)N(C)[C@@H](C(C)C)C(=O)N[C@@H](C(C)C)C(=O)N(C)[C@H](CC(=O)OC(C)(C)C)C(=O)N(C)[C@@H]([C@@H](C)CC)C(=O)N1C. The van der Waals surface area contributed by atoms with Crippen molar-refractivity contribution >= 4 is 65.1 Å². The summed E-state index contributed by atoms with van der Waals surface area (Å²) in [6, 6.07) is -4.52. The minimum absolute atomic E-state index is 0.0536. The van der Waals surface area contributed by atoms with E-state index in [1.54, 1.807) is 88.3 Å². The largest absolute Gasteiger partial charge is 0.508 e. The molecule has 83 heavy (non-hydrogen) atoms. The lowest BCUT2D eigenvalue weighted by Gasteiger charge is -2.41. The summed E-state index contributed by atoms with van der Waals surface area (Å²) in [5, 5.41) is 18.3. The summed E-state index contributed by atoms with van der Waals surface area (Å²) in [7, 11) is 6.91. The van der Waals surface area contributed by atoms with Crippen molar-refractivity contribution in [3.8, 4) is 5.75 Å². The van der Waals surface area contributed by atoms with Crippen LogP contribution in [-0.4, -0.2) is 208 Å². The maximum absolute atomic E-state index is 15.2. The van der Waals surface area contributed by atoms with Gasteiger partial charge in [0.1, 0.15) is 59.7 Å². The number of hydrogen-bond acceptors (Lipinski definition) is 14. The van der Waals surface area contributed by atoms with E-state index in [9.17, 15) is 48.3 Å². The van der Waals surface area contributed by atoms with Crippen LogP contribution < -0.4 is 16.0 Å². The number of likely N-dealkylation sites (N-methyl/N-ethyl adjacent to an activating group) is 5. The Morgan fingerprint density at radius 3 is 1.69 bits per heavy atom. The molecule has 0 bridgehead atoms. The Morgan fingerprint density at radius 2 is 1.16 bits per heavy atom. The van der Waals surface area contributed by atoms with Crippen LogP contribution in [0.3, 0.4) is 0 Å². The van der Waals surface area contributed by atoms with Crippen molar-refractivity contribution in [1.29, 1.82) is 0 Å². The molecule has 2 aliphatic rings. The Hall–Kier alpha value is -6.81. The van der Waals surface area contributed by atoms with Crippen molar-refractivity contribution in [2.75, 3.05) is 48.3 Å². The van der Waals surface area contributed by atoms with Gasteiger partial charge in [0.25, 0.3) is 5.91 Å². The van der Waals surface area contributed by atoms with E-state index >= 15 is 9.59 Å². The molecule has 9 amide bonds. The smallest absolute Gasteiger partial charge is 0.329 e. The Kier molecular flexibility index (Phi) is 26.0. The zero-order valence-corrected chi connectivity index (χ0v) is 52.7. The lowest BCUT2D eigenvalue weighted by Crippen LogP contribution is -2.63. The standard InChI is InChI=1S/C60H97N9O14/c1-20-36(9)49-51(73)61-32-44(71)65(16)47(34(5)6)52(74)62-41(30-39-25-27-40(70)28-26-39)59(81)82-38(11)54(76)69-29-23-22-24-42(69)55(77)66(17)48(35(7)8)53(75)63-46(33(3)4)57(79)64(15)43(31-45(72)83-60(12,13)14)56(78)68(19)50(37(10)21-2)58(80)67(49)18/h25-28,33-38,41-43,46-50,70H,20-24,29-32H2,1-19H3,(H,61,73)(H,62,74)(H,63,75)/t36-,37+,38-,41+,42+,43-,46+,47+,48+,49+,50+/m1/s1. The third kappa shape index (κ3) is 18.3. The van der Waals surface area contributed by atoms with E-state index in [4.69, 9.17) is 9.47 Å². The maximum Gasteiger partial charge on any atom is 0.329 e. The Bertz CT molecular complexity index is 2480. The number of amides is 9. The highest BCUT2D eigenvalue weighted by Gasteiger charge is 2.46. The van der Waals surface area contributed by atoms with E-state index < -0.39 is 168 Å². The number of carbonyl (C=O) groups excluding carboxylic acids is 11. The number of nitrogens with zero attached hydrogens (tertiary/aromatic N) is 6. The molecule has 0 saturated carbocycles. The second-order valence-corrected chi connectivity index (χ2v) is 24.6. The van der Waals surface area contributed by atoms with Crippen molar-refractivity contribution < 1.29 is 67.3 Å². The van der Waals surface area contributed by atoms with E-state index in [2.05, 4.69) is 16.0 Å². The zero-order valence-electron chi connectivity index (χ0n) is 52.7. The van der Waals surface area contributed by atoms with Crippen molar-refractivity contribution in [2.45, 2.75) is 202 Å². The molecule has 2 fully saturated rings. The first-order chi connectivity index (χ1) is 38.5. The minimum Gasteiger partial charge on any atom is -0.508 e. The molecule has 3 rings (SSSR count). The molecule has 466 valence electrons. The van der Waals surface area contributed by atoms with Gasteiger partial charge in [-0.2, -0.15) is 0 Å². The molecule has 4 N–H and O–H groups in total. The van der Waals surface area contributed by atoms with Crippen molar-refractivity contribution in [3.63, 3.8) is 0 Å². The Balaban J connectivity index is 2.31. The summed E-state index contributed by atoms with van der Waals surface area (Å²) < 4.78 is 11.5. The third-order valence-corrected chi connectivity index (χ3v) is 16.0. The highest BCUT2D eigenvalue weighted by molar-refractivity contribution is 5.99. The number of piperidine rings is 1. The summed E-state index contributed by atoms with van der Waals surface area (Å²) in [5.41, 5.74) is -0.507. The van der Waals surface area contributed by atoms with Crippen LogP contribution in [-0.2, 0) is 68.6 Å². The van der Waals surface area contributed by atoms with Gasteiger partial charge in [0.15, 0.2) is 6.10 Å². The van der Waals surface area contributed by atoms with Gasteiger partial charge in [0.2, 0.25) is 47.3 Å².